The molecule has 132 valence electrons. The van der Waals surface area contributed by atoms with Crippen LogP contribution in [0.3, 0.4) is 0 Å². The van der Waals surface area contributed by atoms with Gasteiger partial charge in [0.25, 0.3) is 0 Å². The summed E-state index contributed by atoms with van der Waals surface area (Å²) >= 11 is 0. The van der Waals surface area contributed by atoms with Crippen LogP contribution in [0.25, 0.3) is 0 Å². The predicted octanol–water partition coefficient (Wildman–Crippen LogP) is 3.21. The lowest BCUT2D eigenvalue weighted by molar-refractivity contribution is -0.131. The molecule has 25 heavy (non-hydrogen) atoms. The maximum atomic E-state index is 12.4. The number of benzene rings is 1. The van der Waals surface area contributed by atoms with Crippen LogP contribution in [0.15, 0.2) is 54.7 Å². The van der Waals surface area contributed by atoms with E-state index in [-0.39, 0.29) is 11.9 Å². The largest absolute Gasteiger partial charge is 0.342 e. The summed E-state index contributed by atoms with van der Waals surface area (Å²) in [6.07, 6.45) is 5.09. The van der Waals surface area contributed by atoms with Gasteiger partial charge in [0.1, 0.15) is 0 Å². The van der Waals surface area contributed by atoms with Crippen LogP contribution in [0.2, 0.25) is 0 Å². The molecule has 1 amide bonds. The number of hydrogen-bond acceptors (Lipinski definition) is 3. The molecular formula is C21H27N3O. The lowest BCUT2D eigenvalue weighted by atomic mass is 9.90. The van der Waals surface area contributed by atoms with E-state index in [4.69, 9.17) is 0 Å². The number of hydrogen-bond donors (Lipinski definition) is 1. The molecule has 0 spiro atoms. The van der Waals surface area contributed by atoms with Crippen molar-refractivity contribution in [2.75, 3.05) is 19.6 Å². The first kappa shape index (κ1) is 17.6. The van der Waals surface area contributed by atoms with Crippen molar-refractivity contribution < 1.29 is 4.79 Å². The van der Waals surface area contributed by atoms with Gasteiger partial charge in [-0.3, -0.25) is 9.78 Å². The number of nitrogens with zero attached hydrogens (tertiary/aromatic N) is 2. The average molecular weight is 337 g/mol. The van der Waals surface area contributed by atoms with Crippen molar-refractivity contribution in [2.24, 2.45) is 5.92 Å². The number of carbonyl (C=O) groups is 1. The molecule has 1 aliphatic heterocycles. The SMILES string of the molecule is C[C@H](NCC(=O)N1CCC(Cc2ccccc2)CC1)c1ccccn1. The third kappa shape index (κ3) is 5.13. The smallest absolute Gasteiger partial charge is 0.236 e. The third-order valence-corrected chi connectivity index (χ3v) is 5.03. The highest BCUT2D eigenvalue weighted by molar-refractivity contribution is 5.78. The highest BCUT2D eigenvalue weighted by Gasteiger charge is 2.23. The van der Waals surface area contributed by atoms with Gasteiger partial charge in [-0.15, -0.1) is 0 Å². The molecule has 1 fully saturated rings. The van der Waals surface area contributed by atoms with Crippen LogP contribution >= 0.6 is 0 Å². The highest BCUT2D eigenvalue weighted by atomic mass is 16.2. The summed E-state index contributed by atoms with van der Waals surface area (Å²) in [5, 5.41) is 3.29. The Hall–Kier alpha value is -2.20. The Morgan fingerprint density at radius 2 is 1.88 bits per heavy atom. The molecule has 1 saturated heterocycles. The second kappa shape index (κ2) is 8.77. The molecule has 1 atom stereocenters. The average Bonchev–Trinajstić information content (AvgIpc) is 2.68. The number of rotatable bonds is 6. The minimum atomic E-state index is 0.0840. The molecule has 4 nitrogen and oxygen atoms in total. The molecular weight excluding hydrogens is 310 g/mol. The maximum Gasteiger partial charge on any atom is 0.236 e. The molecule has 2 aromatic rings. The molecule has 0 aliphatic carbocycles. The Kier molecular flexibility index (Phi) is 6.18. The lowest BCUT2D eigenvalue weighted by Crippen LogP contribution is -2.43. The Labute approximate surface area is 150 Å². The van der Waals surface area contributed by atoms with Gasteiger partial charge in [-0.05, 0) is 49.8 Å². The quantitative estimate of drug-likeness (QED) is 0.880. The Bertz CT molecular complexity index is 651. The van der Waals surface area contributed by atoms with E-state index in [2.05, 4.69) is 40.6 Å². The summed E-state index contributed by atoms with van der Waals surface area (Å²) < 4.78 is 0. The van der Waals surface area contributed by atoms with Gasteiger partial charge in [-0.25, -0.2) is 0 Å². The van der Waals surface area contributed by atoms with Crippen molar-refractivity contribution in [3.63, 3.8) is 0 Å². The molecule has 4 heteroatoms. The summed E-state index contributed by atoms with van der Waals surface area (Å²) in [6.45, 7) is 4.16. The van der Waals surface area contributed by atoms with Crippen LogP contribution in [-0.4, -0.2) is 35.4 Å². The minimum Gasteiger partial charge on any atom is -0.342 e. The zero-order chi connectivity index (χ0) is 17.5. The number of amides is 1. The summed E-state index contributed by atoms with van der Waals surface area (Å²) in [7, 11) is 0. The lowest BCUT2D eigenvalue weighted by Gasteiger charge is -2.32. The Balaban J connectivity index is 1.41. The van der Waals surface area contributed by atoms with Crippen molar-refractivity contribution in [1.29, 1.82) is 0 Å². The molecule has 2 heterocycles. The zero-order valence-electron chi connectivity index (χ0n) is 14.9. The van der Waals surface area contributed by atoms with E-state index in [1.54, 1.807) is 6.20 Å². The van der Waals surface area contributed by atoms with Crippen LogP contribution < -0.4 is 5.32 Å². The van der Waals surface area contributed by atoms with Gasteiger partial charge in [0.2, 0.25) is 5.91 Å². The van der Waals surface area contributed by atoms with Gasteiger partial charge in [0.05, 0.1) is 12.2 Å². The van der Waals surface area contributed by atoms with Crippen molar-refractivity contribution in [1.82, 2.24) is 15.2 Å². The van der Waals surface area contributed by atoms with Crippen molar-refractivity contribution in [3.05, 3.63) is 66.0 Å². The minimum absolute atomic E-state index is 0.0840. The van der Waals surface area contributed by atoms with Crippen molar-refractivity contribution >= 4 is 5.91 Å². The number of piperidine rings is 1. The molecule has 1 aromatic carbocycles. The first-order valence-corrected chi connectivity index (χ1v) is 9.18. The Morgan fingerprint density at radius 1 is 1.16 bits per heavy atom. The summed E-state index contributed by atoms with van der Waals surface area (Å²) in [5.74, 6) is 0.882. The number of pyridine rings is 1. The molecule has 0 bridgehead atoms. The van der Waals surface area contributed by atoms with Crippen LogP contribution in [0.4, 0.5) is 0 Å². The van der Waals surface area contributed by atoms with Crippen LogP contribution in [0.1, 0.15) is 37.1 Å². The summed E-state index contributed by atoms with van der Waals surface area (Å²) in [6, 6.07) is 16.6. The first-order chi connectivity index (χ1) is 12.2. The highest BCUT2D eigenvalue weighted by Crippen LogP contribution is 2.21. The van der Waals surface area contributed by atoms with Crippen LogP contribution in [-0.2, 0) is 11.2 Å². The van der Waals surface area contributed by atoms with Gasteiger partial charge < -0.3 is 10.2 Å². The topological polar surface area (TPSA) is 45.2 Å². The standard InChI is InChI=1S/C21H27N3O/c1-17(20-9-5-6-12-22-20)23-16-21(25)24-13-10-19(11-14-24)15-18-7-3-2-4-8-18/h2-9,12,17,19,23H,10-11,13-16H2,1H3/t17-/m0/s1. The number of nitrogens with one attached hydrogen (secondary N) is 1. The van der Waals surface area contributed by atoms with E-state index >= 15 is 0 Å². The molecule has 1 aliphatic rings. The normalized spacial score (nSPS) is 16.6. The van der Waals surface area contributed by atoms with Crippen LogP contribution in [0, 0.1) is 5.92 Å². The van der Waals surface area contributed by atoms with E-state index in [1.807, 2.05) is 30.0 Å². The molecule has 0 radical (unpaired) electrons. The zero-order valence-corrected chi connectivity index (χ0v) is 14.9. The van der Waals surface area contributed by atoms with E-state index < -0.39 is 0 Å². The van der Waals surface area contributed by atoms with Gasteiger partial charge in [0, 0.05) is 25.3 Å². The first-order valence-electron chi connectivity index (χ1n) is 9.18. The van der Waals surface area contributed by atoms with Crippen molar-refractivity contribution in [2.45, 2.75) is 32.2 Å². The molecule has 0 unspecified atom stereocenters. The van der Waals surface area contributed by atoms with Crippen LogP contribution in [0.5, 0.6) is 0 Å². The molecule has 1 N–H and O–H groups in total. The summed E-state index contributed by atoms with van der Waals surface area (Å²) in [4.78, 5) is 18.8. The van der Waals surface area contributed by atoms with Gasteiger partial charge in [-0.2, -0.15) is 0 Å². The molecule has 0 saturated carbocycles. The van der Waals surface area contributed by atoms with Gasteiger partial charge in [0.15, 0.2) is 0 Å². The van der Waals surface area contributed by atoms with Gasteiger partial charge in [-0.1, -0.05) is 36.4 Å². The van der Waals surface area contributed by atoms with E-state index in [0.29, 0.717) is 12.5 Å². The predicted molar refractivity (Wildman–Crippen MR) is 100 cm³/mol. The fraction of sp³-hybridized carbons (Fsp3) is 0.429. The Morgan fingerprint density at radius 3 is 2.56 bits per heavy atom. The number of aromatic nitrogens is 1. The van der Waals surface area contributed by atoms with E-state index in [0.717, 1.165) is 38.0 Å². The second-order valence-corrected chi connectivity index (χ2v) is 6.87. The maximum absolute atomic E-state index is 12.4. The number of likely N-dealkylation sites (tertiary alicyclic amines) is 1. The third-order valence-electron chi connectivity index (χ3n) is 5.03. The number of carbonyl (C=O) groups excluding carboxylic acids is 1. The van der Waals surface area contributed by atoms with E-state index in [1.165, 1.54) is 5.56 Å². The fourth-order valence-electron chi connectivity index (χ4n) is 3.42. The van der Waals surface area contributed by atoms with Gasteiger partial charge >= 0.3 is 0 Å². The fourth-order valence-corrected chi connectivity index (χ4v) is 3.42. The molecule has 1 aromatic heterocycles. The van der Waals surface area contributed by atoms with E-state index in [9.17, 15) is 4.79 Å². The molecule has 3 rings (SSSR count). The summed E-state index contributed by atoms with van der Waals surface area (Å²) in [5.41, 5.74) is 2.37. The van der Waals surface area contributed by atoms with Crippen molar-refractivity contribution in [3.8, 4) is 0 Å². The monoisotopic (exact) mass is 337 g/mol. The second-order valence-electron chi connectivity index (χ2n) is 6.87.